The number of methoxy groups -OCH3 is 1. The summed E-state index contributed by atoms with van der Waals surface area (Å²) >= 11 is 0. The lowest BCUT2D eigenvalue weighted by Gasteiger charge is -2.11. The Hall–Kier alpha value is -3.22. The van der Waals surface area contributed by atoms with Gasteiger partial charge in [0.2, 0.25) is 5.88 Å². The summed E-state index contributed by atoms with van der Waals surface area (Å²) in [5.74, 6) is 0.140. The van der Waals surface area contributed by atoms with Crippen molar-refractivity contribution in [3.05, 3.63) is 66.4 Å². The fourth-order valence-corrected chi connectivity index (χ4v) is 2.21. The fourth-order valence-electron chi connectivity index (χ4n) is 2.21. The van der Waals surface area contributed by atoms with E-state index in [0.717, 1.165) is 5.56 Å². The standard InChI is InChI=1S/C16H15N5O2/c1-23-16-14(7-4-8-18-16)20-15(22)13-6-3-2-5-12(13)9-21-11-17-10-19-21/h2-8,10-11H,9H2,1H3,(H,20,22). The van der Waals surface area contributed by atoms with Crippen molar-refractivity contribution in [2.24, 2.45) is 0 Å². The lowest BCUT2D eigenvalue weighted by Crippen LogP contribution is -2.16. The van der Waals surface area contributed by atoms with E-state index in [0.29, 0.717) is 23.7 Å². The van der Waals surface area contributed by atoms with Crippen molar-refractivity contribution < 1.29 is 9.53 Å². The van der Waals surface area contributed by atoms with Crippen molar-refractivity contribution in [1.29, 1.82) is 0 Å². The van der Waals surface area contributed by atoms with E-state index in [1.165, 1.54) is 13.4 Å². The molecule has 0 unspecified atom stereocenters. The fraction of sp³-hybridized carbons (Fsp3) is 0.125. The molecular formula is C16H15N5O2. The van der Waals surface area contributed by atoms with Gasteiger partial charge < -0.3 is 10.1 Å². The van der Waals surface area contributed by atoms with Crippen molar-refractivity contribution >= 4 is 11.6 Å². The molecular weight excluding hydrogens is 294 g/mol. The zero-order valence-electron chi connectivity index (χ0n) is 12.5. The summed E-state index contributed by atoms with van der Waals surface area (Å²) < 4.78 is 6.81. The van der Waals surface area contributed by atoms with E-state index in [1.807, 2.05) is 18.2 Å². The third-order valence-electron chi connectivity index (χ3n) is 3.27. The van der Waals surface area contributed by atoms with Crippen LogP contribution in [0.1, 0.15) is 15.9 Å². The number of nitrogens with zero attached hydrogens (tertiary/aromatic N) is 4. The summed E-state index contributed by atoms with van der Waals surface area (Å²) in [5.41, 5.74) is 1.93. The first-order valence-corrected chi connectivity index (χ1v) is 6.98. The van der Waals surface area contributed by atoms with Gasteiger partial charge in [-0.25, -0.2) is 14.6 Å². The third kappa shape index (κ3) is 3.34. The molecule has 2 heterocycles. The van der Waals surface area contributed by atoms with Crippen LogP contribution in [0, 0.1) is 0 Å². The molecule has 3 aromatic rings. The molecule has 7 heteroatoms. The molecule has 0 radical (unpaired) electrons. The van der Waals surface area contributed by atoms with E-state index < -0.39 is 0 Å². The molecule has 7 nitrogen and oxygen atoms in total. The maximum Gasteiger partial charge on any atom is 0.256 e. The molecule has 3 rings (SSSR count). The maximum absolute atomic E-state index is 12.6. The van der Waals surface area contributed by atoms with Crippen molar-refractivity contribution in [3.63, 3.8) is 0 Å². The van der Waals surface area contributed by atoms with E-state index in [2.05, 4.69) is 20.4 Å². The Labute approximate surface area is 133 Å². The molecule has 23 heavy (non-hydrogen) atoms. The zero-order valence-corrected chi connectivity index (χ0v) is 12.5. The Bertz CT molecular complexity index is 802. The minimum atomic E-state index is -0.230. The number of carbonyl (C=O) groups is 1. The van der Waals surface area contributed by atoms with E-state index >= 15 is 0 Å². The number of aromatic nitrogens is 4. The highest BCUT2D eigenvalue weighted by molar-refractivity contribution is 6.05. The molecule has 0 saturated heterocycles. The molecule has 0 saturated carbocycles. The van der Waals surface area contributed by atoms with E-state index in [1.54, 1.807) is 35.4 Å². The van der Waals surface area contributed by atoms with Gasteiger partial charge in [-0.1, -0.05) is 18.2 Å². The van der Waals surface area contributed by atoms with Gasteiger partial charge >= 0.3 is 0 Å². The van der Waals surface area contributed by atoms with Crippen molar-refractivity contribution in [1.82, 2.24) is 19.7 Å². The molecule has 0 aliphatic carbocycles. The molecule has 2 aromatic heterocycles. The van der Waals surface area contributed by atoms with Gasteiger partial charge in [0.25, 0.3) is 5.91 Å². The Kier molecular flexibility index (Phi) is 4.28. The number of carbonyl (C=O) groups excluding carboxylic acids is 1. The van der Waals surface area contributed by atoms with Gasteiger partial charge in [0.1, 0.15) is 18.3 Å². The molecule has 1 N–H and O–H groups in total. The van der Waals surface area contributed by atoms with Crippen molar-refractivity contribution in [2.45, 2.75) is 6.54 Å². The van der Waals surface area contributed by atoms with Crippen LogP contribution in [0.5, 0.6) is 5.88 Å². The highest BCUT2D eigenvalue weighted by atomic mass is 16.5. The molecule has 116 valence electrons. The Balaban J connectivity index is 1.85. The summed E-state index contributed by atoms with van der Waals surface area (Å²) in [6.45, 7) is 0.466. The van der Waals surface area contributed by atoms with Crippen LogP contribution in [-0.2, 0) is 6.54 Å². The first kappa shape index (κ1) is 14.7. The number of nitrogens with one attached hydrogen (secondary N) is 1. The highest BCUT2D eigenvalue weighted by Gasteiger charge is 2.14. The predicted octanol–water partition coefficient (Wildman–Crippen LogP) is 1.98. The van der Waals surface area contributed by atoms with Crippen LogP contribution in [0.2, 0.25) is 0 Å². The second-order valence-electron chi connectivity index (χ2n) is 4.76. The number of benzene rings is 1. The Morgan fingerprint density at radius 3 is 2.91 bits per heavy atom. The van der Waals surface area contributed by atoms with Gasteiger partial charge in [0, 0.05) is 11.8 Å². The minimum Gasteiger partial charge on any atom is -0.480 e. The van der Waals surface area contributed by atoms with Crippen LogP contribution in [0.4, 0.5) is 5.69 Å². The average Bonchev–Trinajstić information content (AvgIpc) is 3.09. The largest absolute Gasteiger partial charge is 0.480 e. The predicted molar refractivity (Wildman–Crippen MR) is 84.3 cm³/mol. The lowest BCUT2D eigenvalue weighted by molar-refractivity contribution is 0.102. The maximum atomic E-state index is 12.6. The van der Waals surface area contributed by atoms with Crippen LogP contribution >= 0.6 is 0 Å². The number of rotatable bonds is 5. The Morgan fingerprint density at radius 1 is 1.26 bits per heavy atom. The third-order valence-corrected chi connectivity index (χ3v) is 3.27. The normalized spacial score (nSPS) is 10.3. The van der Waals surface area contributed by atoms with Crippen LogP contribution in [-0.4, -0.2) is 32.8 Å². The topological polar surface area (TPSA) is 81.9 Å². The van der Waals surface area contributed by atoms with Gasteiger partial charge in [-0.2, -0.15) is 5.10 Å². The van der Waals surface area contributed by atoms with E-state index in [4.69, 9.17) is 4.74 Å². The first-order chi connectivity index (χ1) is 11.3. The smallest absolute Gasteiger partial charge is 0.256 e. The SMILES string of the molecule is COc1ncccc1NC(=O)c1ccccc1Cn1cncn1. The molecule has 0 fully saturated rings. The van der Waals surface area contributed by atoms with Gasteiger partial charge in [-0.05, 0) is 23.8 Å². The molecule has 0 aliphatic rings. The van der Waals surface area contributed by atoms with Gasteiger partial charge in [0.05, 0.1) is 13.7 Å². The van der Waals surface area contributed by atoms with Crippen molar-refractivity contribution in [3.8, 4) is 5.88 Å². The van der Waals surface area contributed by atoms with Crippen molar-refractivity contribution in [2.75, 3.05) is 12.4 Å². The van der Waals surface area contributed by atoms with Gasteiger partial charge in [-0.3, -0.25) is 4.79 Å². The number of hydrogen-bond acceptors (Lipinski definition) is 5. The highest BCUT2D eigenvalue weighted by Crippen LogP contribution is 2.21. The lowest BCUT2D eigenvalue weighted by atomic mass is 10.1. The van der Waals surface area contributed by atoms with E-state index in [9.17, 15) is 4.79 Å². The Morgan fingerprint density at radius 2 is 2.13 bits per heavy atom. The number of pyridine rings is 1. The van der Waals surface area contributed by atoms with Gasteiger partial charge in [-0.15, -0.1) is 0 Å². The number of anilines is 1. The molecule has 0 atom stereocenters. The number of hydrogen-bond donors (Lipinski definition) is 1. The van der Waals surface area contributed by atoms with Crippen LogP contribution < -0.4 is 10.1 Å². The van der Waals surface area contributed by atoms with Crippen LogP contribution in [0.25, 0.3) is 0 Å². The van der Waals surface area contributed by atoms with E-state index in [-0.39, 0.29) is 5.91 Å². The summed E-state index contributed by atoms with van der Waals surface area (Å²) in [6, 6.07) is 10.8. The number of amides is 1. The molecule has 1 amide bonds. The second-order valence-corrected chi connectivity index (χ2v) is 4.76. The second kappa shape index (κ2) is 6.69. The molecule has 0 spiro atoms. The average molecular weight is 309 g/mol. The molecule has 0 aliphatic heterocycles. The van der Waals surface area contributed by atoms with Crippen LogP contribution in [0.15, 0.2) is 55.2 Å². The molecule has 0 bridgehead atoms. The molecule has 1 aromatic carbocycles. The number of ether oxygens (including phenoxy) is 1. The van der Waals surface area contributed by atoms with Gasteiger partial charge in [0.15, 0.2) is 0 Å². The summed E-state index contributed by atoms with van der Waals surface area (Å²) in [7, 11) is 1.51. The first-order valence-electron chi connectivity index (χ1n) is 6.98. The zero-order chi connectivity index (χ0) is 16.1. The summed E-state index contributed by atoms with van der Waals surface area (Å²) in [6.07, 6.45) is 4.68. The summed E-state index contributed by atoms with van der Waals surface area (Å²) in [4.78, 5) is 20.6. The van der Waals surface area contributed by atoms with Crippen LogP contribution in [0.3, 0.4) is 0 Å². The minimum absolute atomic E-state index is 0.230. The monoisotopic (exact) mass is 309 g/mol. The quantitative estimate of drug-likeness (QED) is 0.779. The summed E-state index contributed by atoms with van der Waals surface area (Å²) in [5, 5.41) is 6.89.